The van der Waals surface area contributed by atoms with E-state index < -0.39 is 57.7 Å². The summed E-state index contributed by atoms with van der Waals surface area (Å²) >= 11 is 2.21. The van der Waals surface area contributed by atoms with E-state index in [1.807, 2.05) is 0 Å². The van der Waals surface area contributed by atoms with Gasteiger partial charge >= 0.3 is 11.9 Å². The monoisotopic (exact) mass is 578 g/mol. The number of carbonyl (C=O) groups excluding carboxylic acids is 2. The summed E-state index contributed by atoms with van der Waals surface area (Å²) in [6.07, 6.45) is 2.54. The largest absolute Gasteiger partial charge is 0.503 e. The quantitative estimate of drug-likeness (QED) is 0.146. The van der Waals surface area contributed by atoms with Crippen LogP contribution in [-0.2, 0) is 30.6 Å². The number of rotatable bonds is 9. The Morgan fingerprint density at radius 3 is 2.62 bits per heavy atom. The minimum Gasteiger partial charge on any atom is -0.503 e. The van der Waals surface area contributed by atoms with Gasteiger partial charge in [0.2, 0.25) is 11.0 Å². The van der Waals surface area contributed by atoms with E-state index in [-0.39, 0.29) is 28.8 Å². The molecule has 2 amide bonds. The summed E-state index contributed by atoms with van der Waals surface area (Å²) < 4.78 is 1.42. The van der Waals surface area contributed by atoms with Gasteiger partial charge in [-0.15, -0.1) is 23.1 Å². The van der Waals surface area contributed by atoms with Crippen LogP contribution in [-0.4, -0.2) is 82.0 Å². The van der Waals surface area contributed by atoms with E-state index in [1.165, 1.54) is 41.8 Å². The van der Waals surface area contributed by atoms with E-state index in [9.17, 15) is 39.3 Å². The van der Waals surface area contributed by atoms with Crippen molar-refractivity contribution in [2.45, 2.75) is 37.4 Å². The number of nitrogens with one attached hydrogen (secondary N) is 1. The van der Waals surface area contributed by atoms with Crippen molar-refractivity contribution in [3.63, 3.8) is 0 Å². The number of anilines is 1. The van der Waals surface area contributed by atoms with Crippen LogP contribution in [0.4, 0.5) is 5.13 Å². The van der Waals surface area contributed by atoms with E-state index in [4.69, 9.17) is 10.6 Å². The highest BCUT2D eigenvalue weighted by molar-refractivity contribution is 8.00. The number of aromatic nitrogens is 2. The molecule has 15 nitrogen and oxygen atoms in total. The van der Waals surface area contributed by atoms with Gasteiger partial charge in [0.05, 0.1) is 6.20 Å². The SMILES string of the molecule is CC(C)(O/N=C(/C(=O)N[C@@H]1C(=O)N2C(C(=O)O)=C(Cn3ccc(=O)c(O)c3)CS[C@H]12)c1csc(N)n1)C(=O)O. The van der Waals surface area contributed by atoms with Crippen LogP contribution >= 0.6 is 23.1 Å². The Kier molecular flexibility index (Phi) is 7.38. The number of carbonyl (C=O) groups is 4. The number of fused-ring (bicyclic) bond motifs is 1. The summed E-state index contributed by atoms with van der Waals surface area (Å²) in [5.41, 5.74) is 2.95. The molecule has 2 aromatic rings. The fourth-order valence-corrected chi connectivity index (χ4v) is 5.53. The second-order valence-electron chi connectivity index (χ2n) is 8.90. The van der Waals surface area contributed by atoms with E-state index in [2.05, 4.69) is 15.5 Å². The van der Waals surface area contributed by atoms with Gasteiger partial charge in [-0.25, -0.2) is 14.6 Å². The highest BCUT2D eigenvalue weighted by atomic mass is 32.2. The number of carboxylic acids is 2. The molecule has 2 aliphatic rings. The summed E-state index contributed by atoms with van der Waals surface area (Å²) in [4.78, 5) is 71.2. The van der Waals surface area contributed by atoms with Crippen LogP contribution < -0.4 is 16.5 Å². The third kappa shape index (κ3) is 5.44. The van der Waals surface area contributed by atoms with Gasteiger partial charge in [-0.05, 0) is 19.4 Å². The number of aliphatic carboxylic acids is 2. The maximum atomic E-state index is 13.1. The van der Waals surface area contributed by atoms with Crippen molar-refractivity contribution in [2.75, 3.05) is 11.5 Å². The lowest BCUT2D eigenvalue weighted by atomic mass is 10.0. The highest BCUT2D eigenvalue weighted by Gasteiger charge is 2.54. The highest BCUT2D eigenvalue weighted by Crippen LogP contribution is 2.40. The molecule has 39 heavy (non-hydrogen) atoms. The average Bonchev–Trinajstić information content (AvgIpc) is 3.29. The molecule has 6 N–H and O–H groups in total. The molecule has 0 spiro atoms. The van der Waals surface area contributed by atoms with Crippen LogP contribution in [0.5, 0.6) is 5.75 Å². The van der Waals surface area contributed by atoms with Crippen molar-refractivity contribution in [1.29, 1.82) is 0 Å². The number of nitrogens with zero attached hydrogens (tertiary/aromatic N) is 4. The lowest BCUT2D eigenvalue weighted by Gasteiger charge is -2.49. The Morgan fingerprint density at radius 2 is 2.03 bits per heavy atom. The predicted octanol–water partition coefficient (Wildman–Crippen LogP) is -0.385. The molecule has 0 radical (unpaired) electrons. The first-order valence-corrected chi connectivity index (χ1v) is 13.0. The zero-order chi connectivity index (χ0) is 28.6. The fourth-order valence-electron chi connectivity index (χ4n) is 3.65. The standard InChI is InChI=1S/C22H22N6O9S2/c1-22(2,20(35)36)37-26-13(10-8-39-21(23)24-10)16(31)25-14-17(32)28-15(19(33)34)9(7-38-18(14)28)5-27-4-3-11(29)12(30)6-27/h3-4,6,8,14,18,30H,5,7H2,1-2H3,(H2,23,24)(H,25,31)(H,33,34)(H,35,36)/b26-13+/t14-,18-/m1/s1. The zero-order valence-corrected chi connectivity index (χ0v) is 22.0. The number of thioether (sulfide) groups is 1. The summed E-state index contributed by atoms with van der Waals surface area (Å²) in [5, 5.41) is 35.8. The van der Waals surface area contributed by atoms with E-state index >= 15 is 0 Å². The lowest BCUT2D eigenvalue weighted by molar-refractivity contribution is -0.161. The number of hydrogen-bond acceptors (Lipinski definition) is 12. The predicted molar refractivity (Wildman–Crippen MR) is 138 cm³/mol. The van der Waals surface area contributed by atoms with Crippen LogP contribution in [0, 0.1) is 0 Å². The van der Waals surface area contributed by atoms with Crippen molar-refractivity contribution in [1.82, 2.24) is 19.8 Å². The molecule has 1 saturated heterocycles. The Morgan fingerprint density at radius 1 is 1.31 bits per heavy atom. The molecule has 2 aromatic heterocycles. The van der Waals surface area contributed by atoms with Crippen molar-refractivity contribution in [3.8, 4) is 5.75 Å². The van der Waals surface area contributed by atoms with Gasteiger partial charge < -0.3 is 35.8 Å². The van der Waals surface area contributed by atoms with Gasteiger partial charge in [-0.2, -0.15) is 0 Å². The average molecular weight is 579 g/mol. The maximum Gasteiger partial charge on any atom is 0.352 e. The van der Waals surface area contributed by atoms with Crippen molar-refractivity contribution >= 4 is 57.7 Å². The molecular weight excluding hydrogens is 556 g/mol. The summed E-state index contributed by atoms with van der Waals surface area (Å²) in [7, 11) is 0. The van der Waals surface area contributed by atoms with Crippen LogP contribution in [0.1, 0.15) is 19.5 Å². The van der Waals surface area contributed by atoms with Crippen LogP contribution in [0.25, 0.3) is 0 Å². The molecule has 4 rings (SSSR count). The zero-order valence-electron chi connectivity index (χ0n) is 20.4. The number of aromatic hydroxyl groups is 1. The topological polar surface area (TPSA) is 227 Å². The minimum atomic E-state index is -1.78. The van der Waals surface area contributed by atoms with Crippen LogP contribution in [0.2, 0.25) is 0 Å². The molecule has 2 aliphatic heterocycles. The number of amides is 2. The van der Waals surface area contributed by atoms with Gasteiger partial charge in [0.25, 0.3) is 11.8 Å². The number of oxime groups is 1. The van der Waals surface area contributed by atoms with Gasteiger partial charge in [0, 0.05) is 29.9 Å². The summed E-state index contributed by atoms with van der Waals surface area (Å²) in [6, 6.07) is 0.00905. The number of pyridine rings is 1. The number of carboxylic acid groups (broad SMARTS) is 2. The van der Waals surface area contributed by atoms with Gasteiger partial charge in [-0.3, -0.25) is 19.3 Å². The summed E-state index contributed by atoms with van der Waals surface area (Å²) in [5.74, 6) is -4.63. The molecule has 17 heteroatoms. The third-order valence-corrected chi connectivity index (χ3v) is 7.74. The van der Waals surface area contributed by atoms with Crippen molar-refractivity contribution < 1.29 is 39.3 Å². The number of β-lactam (4-membered cyclic amide) rings is 1. The number of thiazole rings is 1. The third-order valence-electron chi connectivity index (χ3n) is 5.73. The van der Waals surface area contributed by atoms with Crippen molar-refractivity contribution in [2.24, 2.45) is 5.16 Å². The smallest absolute Gasteiger partial charge is 0.352 e. The van der Waals surface area contributed by atoms with E-state index in [0.29, 0.717) is 5.57 Å². The first kappa shape index (κ1) is 27.6. The minimum absolute atomic E-state index is 0.00520. The van der Waals surface area contributed by atoms with Crippen LogP contribution in [0.3, 0.4) is 0 Å². The van der Waals surface area contributed by atoms with Gasteiger partial charge in [-0.1, -0.05) is 5.16 Å². The fraction of sp³-hybridized carbons (Fsp3) is 0.318. The summed E-state index contributed by atoms with van der Waals surface area (Å²) in [6.45, 7) is 2.44. The lowest BCUT2D eigenvalue weighted by Crippen LogP contribution is -2.71. The molecule has 2 atom stereocenters. The number of hydrogen-bond donors (Lipinski definition) is 5. The molecule has 0 aromatic carbocycles. The normalized spacial score (nSPS) is 19.3. The van der Waals surface area contributed by atoms with Gasteiger partial charge in [0.1, 0.15) is 22.8 Å². The Labute approximate surface area is 227 Å². The molecule has 0 aliphatic carbocycles. The first-order chi connectivity index (χ1) is 18.3. The number of nitrogens with two attached hydrogens (primary N) is 1. The molecule has 206 valence electrons. The molecule has 0 unspecified atom stereocenters. The molecular formula is C22H22N6O9S2. The molecule has 0 bridgehead atoms. The number of nitrogen functional groups attached to an aromatic ring is 1. The Hall–Kier alpha value is -4.38. The van der Waals surface area contributed by atoms with Crippen molar-refractivity contribution in [3.05, 3.63) is 51.0 Å². The van der Waals surface area contributed by atoms with E-state index in [1.54, 1.807) is 0 Å². The Balaban J connectivity index is 1.56. The molecule has 1 fully saturated rings. The Bertz CT molecular complexity index is 1490. The van der Waals surface area contributed by atoms with E-state index in [0.717, 1.165) is 28.5 Å². The molecule has 4 heterocycles. The first-order valence-electron chi connectivity index (χ1n) is 11.1. The second-order valence-corrected chi connectivity index (χ2v) is 10.9. The second kappa shape index (κ2) is 10.4. The maximum absolute atomic E-state index is 13.1. The van der Waals surface area contributed by atoms with Gasteiger partial charge in [0.15, 0.2) is 16.6 Å². The molecule has 0 saturated carbocycles. The van der Waals surface area contributed by atoms with Crippen LogP contribution in [0.15, 0.2) is 45.1 Å².